The van der Waals surface area contributed by atoms with Crippen LogP contribution >= 0.6 is 0 Å². The third kappa shape index (κ3) is 3.19. The Bertz CT molecular complexity index is 917. The van der Waals surface area contributed by atoms with Crippen LogP contribution in [-0.2, 0) is 11.2 Å². The molecular weight excluding hydrogens is 310 g/mol. The van der Waals surface area contributed by atoms with Crippen molar-refractivity contribution in [2.24, 2.45) is 0 Å². The SMILES string of the molecule is COc1ccc([N+](=O)[O-])cc1NC(=O)Cc1ccc2[nH]ccc2c1. The predicted molar refractivity (Wildman–Crippen MR) is 90.3 cm³/mol. The third-order valence-corrected chi connectivity index (χ3v) is 3.65. The molecule has 1 aromatic heterocycles. The highest BCUT2D eigenvalue weighted by atomic mass is 16.6. The molecule has 0 spiro atoms. The van der Waals surface area contributed by atoms with Gasteiger partial charge < -0.3 is 15.0 Å². The molecule has 0 atom stereocenters. The molecule has 0 fully saturated rings. The lowest BCUT2D eigenvalue weighted by Crippen LogP contribution is -2.15. The molecule has 0 radical (unpaired) electrons. The van der Waals surface area contributed by atoms with E-state index in [2.05, 4.69) is 10.3 Å². The lowest BCUT2D eigenvalue weighted by molar-refractivity contribution is -0.384. The van der Waals surface area contributed by atoms with Gasteiger partial charge in [0, 0.05) is 23.8 Å². The molecule has 0 saturated heterocycles. The molecule has 0 bridgehead atoms. The molecule has 122 valence electrons. The standard InChI is InChI=1S/C17H15N3O4/c1-24-16-5-3-13(20(22)23)10-15(16)19-17(21)9-11-2-4-14-12(8-11)6-7-18-14/h2-8,10,18H,9H2,1H3,(H,19,21). The minimum absolute atomic E-state index is 0.111. The number of H-pyrrole nitrogens is 1. The topological polar surface area (TPSA) is 97.3 Å². The van der Waals surface area contributed by atoms with Crippen molar-refractivity contribution in [2.75, 3.05) is 12.4 Å². The number of carbonyl (C=O) groups excluding carboxylic acids is 1. The van der Waals surface area contributed by atoms with Crippen molar-refractivity contribution in [1.82, 2.24) is 4.98 Å². The van der Waals surface area contributed by atoms with E-state index in [1.165, 1.54) is 25.3 Å². The van der Waals surface area contributed by atoms with E-state index in [4.69, 9.17) is 4.74 Å². The Kier molecular flexibility index (Phi) is 4.15. The van der Waals surface area contributed by atoms with Gasteiger partial charge >= 0.3 is 0 Å². The van der Waals surface area contributed by atoms with Crippen LogP contribution in [0.25, 0.3) is 10.9 Å². The summed E-state index contributed by atoms with van der Waals surface area (Å²) in [5.41, 5.74) is 2.02. The molecule has 0 saturated carbocycles. The predicted octanol–water partition coefficient (Wildman–Crippen LogP) is 3.27. The van der Waals surface area contributed by atoms with Crippen molar-refractivity contribution >= 4 is 28.2 Å². The lowest BCUT2D eigenvalue weighted by atomic mass is 10.1. The summed E-state index contributed by atoms with van der Waals surface area (Å²) in [6.07, 6.45) is 2.00. The molecule has 2 aromatic carbocycles. The van der Waals surface area contributed by atoms with Crippen LogP contribution < -0.4 is 10.1 Å². The first-order valence-electron chi connectivity index (χ1n) is 7.25. The number of nitro benzene ring substituents is 1. The summed E-state index contributed by atoms with van der Waals surface area (Å²) in [6, 6.07) is 11.7. The number of aromatic amines is 1. The van der Waals surface area contributed by atoms with Gasteiger partial charge in [0.05, 0.1) is 24.1 Å². The highest BCUT2D eigenvalue weighted by Crippen LogP contribution is 2.29. The molecule has 7 nitrogen and oxygen atoms in total. The number of carbonyl (C=O) groups is 1. The van der Waals surface area contributed by atoms with E-state index in [0.29, 0.717) is 5.75 Å². The molecule has 2 N–H and O–H groups in total. The summed E-state index contributed by atoms with van der Waals surface area (Å²) in [4.78, 5) is 25.7. The van der Waals surface area contributed by atoms with Gasteiger partial charge in [-0.3, -0.25) is 14.9 Å². The number of fused-ring (bicyclic) bond motifs is 1. The number of nitrogens with one attached hydrogen (secondary N) is 2. The molecule has 1 amide bonds. The molecule has 1 heterocycles. The van der Waals surface area contributed by atoms with Crippen LogP contribution in [0.5, 0.6) is 5.75 Å². The number of non-ortho nitro benzene ring substituents is 1. The zero-order valence-electron chi connectivity index (χ0n) is 12.9. The van der Waals surface area contributed by atoms with Crippen LogP contribution in [-0.4, -0.2) is 22.9 Å². The zero-order valence-corrected chi connectivity index (χ0v) is 12.9. The number of hydrogen-bond donors (Lipinski definition) is 2. The van der Waals surface area contributed by atoms with E-state index in [1.54, 1.807) is 0 Å². The highest BCUT2D eigenvalue weighted by molar-refractivity contribution is 5.94. The normalized spacial score (nSPS) is 10.5. The van der Waals surface area contributed by atoms with Crippen molar-refractivity contribution in [1.29, 1.82) is 0 Å². The van der Waals surface area contributed by atoms with Crippen molar-refractivity contribution < 1.29 is 14.5 Å². The molecule has 0 unspecified atom stereocenters. The average molecular weight is 325 g/mol. The summed E-state index contributed by atoms with van der Waals surface area (Å²) in [7, 11) is 1.44. The number of ether oxygens (including phenoxy) is 1. The number of benzene rings is 2. The molecule has 3 aromatic rings. The van der Waals surface area contributed by atoms with Crippen molar-refractivity contribution in [3.63, 3.8) is 0 Å². The minimum Gasteiger partial charge on any atom is -0.495 e. The third-order valence-electron chi connectivity index (χ3n) is 3.65. The second-order valence-electron chi connectivity index (χ2n) is 5.27. The number of rotatable bonds is 5. The number of hydrogen-bond acceptors (Lipinski definition) is 4. The van der Waals surface area contributed by atoms with Crippen molar-refractivity contribution in [3.8, 4) is 5.75 Å². The summed E-state index contributed by atoms with van der Waals surface area (Å²) >= 11 is 0. The second kappa shape index (κ2) is 6.41. The fourth-order valence-electron chi connectivity index (χ4n) is 2.50. The van der Waals surface area contributed by atoms with Crippen LogP contribution in [0.15, 0.2) is 48.7 Å². The van der Waals surface area contributed by atoms with Gasteiger partial charge in [-0.05, 0) is 35.2 Å². The largest absolute Gasteiger partial charge is 0.495 e. The Morgan fingerprint density at radius 3 is 2.83 bits per heavy atom. The number of amides is 1. The minimum atomic E-state index is -0.519. The smallest absolute Gasteiger partial charge is 0.271 e. The average Bonchev–Trinajstić information content (AvgIpc) is 3.02. The summed E-state index contributed by atoms with van der Waals surface area (Å²) in [5, 5.41) is 14.6. The summed E-state index contributed by atoms with van der Waals surface area (Å²) in [6.45, 7) is 0. The maximum Gasteiger partial charge on any atom is 0.271 e. The van der Waals surface area contributed by atoms with Gasteiger partial charge in [-0.15, -0.1) is 0 Å². The van der Waals surface area contributed by atoms with Gasteiger partial charge in [-0.1, -0.05) is 6.07 Å². The van der Waals surface area contributed by atoms with Crippen molar-refractivity contribution in [2.45, 2.75) is 6.42 Å². The molecule has 0 aliphatic carbocycles. The Balaban J connectivity index is 1.78. The zero-order chi connectivity index (χ0) is 17.1. The van der Waals surface area contributed by atoms with Gasteiger partial charge in [0.1, 0.15) is 5.75 Å². The first kappa shape index (κ1) is 15.5. The summed E-state index contributed by atoms with van der Waals surface area (Å²) in [5.74, 6) is 0.0960. The van der Waals surface area contributed by atoms with Crippen molar-refractivity contribution in [3.05, 3.63) is 64.3 Å². The van der Waals surface area contributed by atoms with Gasteiger partial charge in [0.2, 0.25) is 5.91 Å². The highest BCUT2D eigenvalue weighted by Gasteiger charge is 2.14. The first-order chi connectivity index (χ1) is 11.6. The van der Waals surface area contributed by atoms with Gasteiger partial charge in [-0.2, -0.15) is 0 Å². The fraction of sp³-hybridized carbons (Fsp3) is 0.118. The second-order valence-corrected chi connectivity index (χ2v) is 5.27. The molecular formula is C17H15N3O4. The Morgan fingerprint density at radius 2 is 2.08 bits per heavy atom. The van der Waals surface area contributed by atoms with E-state index in [9.17, 15) is 14.9 Å². The maximum atomic E-state index is 12.3. The van der Waals surface area contributed by atoms with E-state index in [-0.39, 0.29) is 23.7 Å². The van der Waals surface area contributed by atoms with Gasteiger partial charge in [-0.25, -0.2) is 0 Å². The number of aromatic nitrogens is 1. The van der Waals surface area contributed by atoms with E-state index < -0.39 is 4.92 Å². The monoisotopic (exact) mass is 325 g/mol. The Hall–Kier alpha value is -3.35. The molecule has 24 heavy (non-hydrogen) atoms. The number of methoxy groups -OCH3 is 1. The lowest BCUT2D eigenvalue weighted by Gasteiger charge is -2.10. The van der Waals surface area contributed by atoms with E-state index in [0.717, 1.165) is 16.5 Å². The Labute approximate surface area is 137 Å². The van der Waals surface area contributed by atoms with Gasteiger partial charge in [0.15, 0.2) is 0 Å². The summed E-state index contributed by atoms with van der Waals surface area (Å²) < 4.78 is 5.14. The molecule has 7 heteroatoms. The van der Waals surface area contributed by atoms with Crippen LogP contribution in [0.2, 0.25) is 0 Å². The van der Waals surface area contributed by atoms with E-state index in [1.807, 2.05) is 30.5 Å². The van der Waals surface area contributed by atoms with Crippen LogP contribution in [0.3, 0.4) is 0 Å². The van der Waals surface area contributed by atoms with Crippen LogP contribution in [0, 0.1) is 10.1 Å². The number of nitrogens with zero attached hydrogens (tertiary/aromatic N) is 1. The van der Waals surface area contributed by atoms with E-state index >= 15 is 0 Å². The quantitative estimate of drug-likeness (QED) is 0.555. The number of anilines is 1. The Morgan fingerprint density at radius 1 is 1.25 bits per heavy atom. The van der Waals surface area contributed by atoms with Crippen LogP contribution in [0.1, 0.15) is 5.56 Å². The first-order valence-corrected chi connectivity index (χ1v) is 7.25. The maximum absolute atomic E-state index is 12.3. The van der Waals surface area contributed by atoms with Gasteiger partial charge in [0.25, 0.3) is 5.69 Å². The molecule has 0 aliphatic heterocycles. The van der Waals surface area contributed by atoms with Crippen LogP contribution in [0.4, 0.5) is 11.4 Å². The fourth-order valence-corrected chi connectivity index (χ4v) is 2.50. The molecule has 0 aliphatic rings. The number of nitro groups is 1. The molecule has 3 rings (SSSR count).